The van der Waals surface area contributed by atoms with Crippen molar-refractivity contribution in [3.8, 4) is 0 Å². The van der Waals surface area contributed by atoms with Crippen LogP contribution in [0.1, 0.15) is 57.5 Å². The van der Waals surface area contributed by atoms with E-state index in [1.165, 1.54) is 0 Å². The molecule has 214 valence electrons. The van der Waals surface area contributed by atoms with Crippen molar-refractivity contribution in [2.45, 2.75) is 70.8 Å². The van der Waals surface area contributed by atoms with Crippen LogP contribution in [0.2, 0.25) is 0 Å². The number of pyridine rings is 1. The minimum absolute atomic E-state index is 0.103. The third kappa shape index (κ3) is 5.57. The van der Waals surface area contributed by atoms with Crippen LogP contribution in [0.4, 0.5) is 0 Å². The van der Waals surface area contributed by atoms with Gasteiger partial charge in [0.15, 0.2) is 0 Å². The number of esters is 1. The Bertz CT molecular complexity index is 1540. The van der Waals surface area contributed by atoms with E-state index in [0.29, 0.717) is 30.0 Å². The number of nitrogens with zero attached hydrogens (tertiary/aromatic N) is 4. The van der Waals surface area contributed by atoms with E-state index in [2.05, 4.69) is 32.4 Å². The predicted molar refractivity (Wildman–Crippen MR) is 154 cm³/mol. The van der Waals surface area contributed by atoms with Crippen LogP contribution < -0.4 is 4.72 Å². The van der Waals surface area contributed by atoms with Crippen LogP contribution >= 0.6 is 0 Å². The summed E-state index contributed by atoms with van der Waals surface area (Å²) in [6, 6.07) is 4.92. The summed E-state index contributed by atoms with van der Waals surface area (Å²) in [6.07, 6.45) is 9.73. The van der Waals surface area contributed by atoms with Crippen molar-refractivity contribution in [2.75, 3.05) is 19.9 Å². The number of carbonyl (C=O) groups is 1. The zero-order chi connectivity index (χ0) is 28.6. The highest BCUT2D eigenvalue weighted by molar-refractivity contribution is 7.89. The predicted octanol–water partition coefficient (Wildman–Crippen LogP) is 3.61. The molecule has 4 heterocycles. The zero-order valence-electron chi connectivity index (χ0n) is 23.6. The number of rotatable bonds is 4. The molecule has 0 spiro atoms. The van der Waals surface area contributed by atoms with E-state index in [4.69, 9.17) is 19.5 Å². The number of aliphatic imine (C=N–C) groups is 1. The Balaban J connectivity index is 1.58. The van der Waals surface area contributed by atoms with Crippen molar-refractivity contribution in [1.29, 1.82) is 0 Å². The SMILES string of the molecule is COC1=CC(C(=O)OC(C)C)=CC2N=C(c3cc4ccc5nc4n3C/C=C\CCCCS(=O)(=O)N[C@@H]5C)N(C)C12. The van der Waals surface area contributed by atoms with Gasteiger partial charge in [0.2, 0.25) is 10.0 Å². The summed E-state index contributed by atoms with van der Waals surface area (Å²) >= 11 is 0. The maximum atomic E-state index is 12.7. The fourth-order valence-electron chi connectivity index (χ4n) is 5.45. The van der Waals surface area contributed by atoms with Gasteiger partial charge >= 0.3 is 5.97 Å². The molecule has 10 nitrogen and oxygen atoms in total. The van der Waals surface area contributed by atoms with E-state index in [-0.39, 0.29) is 23.9 Å². The standard InChI is InChI=1S/C29H37N5O5S/c1-18(2)39-29(35)21-15-23-26(25(17-21)38-5)33(4)28(31-23)24-16-20-11-12-22-19(3)32-40(36,37)14-10-8-6-7-9-13-34(24)27(20)30-22/h7,9,11-12,15-19,23,26,32H,6,8,10,13-14H2,1-5H3/b9-7-/t19-,23?,26?/m1/s1. The Labute approximate surface area is 235 Å². The second kappa shape index (κ2) is 11.2. The first-order chi connectivity index (χ1) is 19.1. The first kappa shape index (κ1) is 28.1. The van der Waals surface area contributed by atoms with Gasteiger partial charge in [-0.3, -0.25) is 4.99 Å². The minimum atomic E-state index is -3.41. The summed E-state index contributed by atoms with van der Waals surface area (Å²) in [5.74, 6) is 1.10. The highest BCUT2D eigenvalue weighted by Crippen LogP contribution is 2.34. The topological polar surface area (TPSA) is 115 Å². The molecular weight excluding hydrogens is 530 g/mol. The molecule has 3 atom stereocenters. The number of carbonyl (C=O) groups excluding carboxylic acids is 1. The van der Waals surface area contributed by atoms with Crippen molar-refractivity contribution >= 4 is 32.9 Å². The van der Waals surface area contributed by atoms with Crippen molar-refractivity contribution in [1.82, 2.24) is 19.2 Å². The Morgan fingerprint density at radius 2 is 2.00 bits per heavy atom. The molecule has 0 radical (unpaired) electrons. The molecule has 2 aromatic rings. The number of hydrogen-bond donors (Lipinski definition) is 1. The van der Waals surface area contributed by atoms with Crippen LogP contribution in [0.25, 0.3) is 11.0 Å². The molecule has 2 aromatic heterocycles. The Kier molecular flexibility index (Phi) is 7.87. The van der Waals surface area contributed by atoms with Crippen LogP contribution in [-0.2, 0) is 30.8 Å². The third-order valence-corrected chi connectivity index (χ3v) is 8.92. The molecule has 1 N–H and O–H groups in total. The molecule has 40 heavy (non-hydrogen) atoms. The number of hydrogen-bond acceptors (Lipinski definition) is 8. The first-order valence-electron chi connectivity index (χ1n) is 13.7. The Morgan fingerprint density at radius 1 is 1.20 bits per heavy atom. The minimum Gasteiger partial charge on any atom is -0.499 e. The lowest BCUT2D eigenvalue weighted by Gasteiger charge is -2.30. The molecule has 2 bridgehead atoms. The molecule has 0 amide bonds. The van der Waals surface area contributed by atoms with Gasteiger partial charge < -0.3 is 18.9 Å². The van der Waals surface area contributed by atoms with E-state index in [1.54, 1.807) is 13.2 Å². The summed E-state index contributed by atoms with van der Waals surface area (Å²) in [4.78, 5) is 24.7. The lowest BCUT2D eigenvalue weighted by molar-refractivity contribution is -0.142. The average molecular weight is 568 g/mol. The van der Waals surface area contributed by atoms with Gasteiger partial charge in [-0.2, -0.15) is 0 Å². The van der Waals surface area contributed by atoms with Crippen LogP contribution in [0, 0.1) is 0 Å². The number of fused-ring (bicyclic) bond motifs is 2. The number of likely N-dealkylation sites (N-methyl/N-ethyl adjacent to an activating group) is 1. The van der Waals surface area contributed by atoms with Gasteiger partial charge in [-0.1, -0.05) is 12.2 Å². The molecule has 2 unspecified atom stereocenters. The quantitative estimate of drug-likeness (QED) is 0.443. The molecule has 2 aliphatic heterocycles. The lowest BCUT2D eigenvalue weighted by atomic mass is 9.96. The van der Waals surface area contributed by atoms with Crippen molar-refractivity contribution in [2.24, 2.45) is 4.99 Å². The van der Waals surface area contributed by atoms with Crippen molar-refractivity contribution < 1.29 is 22.7 Å². The monoisotopic (exact) mass is 567 g/mol. The van der Waals surface area contributed by atoms with E-state index >= 15 is 0 Å². The largest absolute Gasteiger partial charge is 0.499 e. The zero-order valence-corrected chi connectivity index (χ0v) is 24.4. The summed E-state index contributed by atoms with van der Waals surface area (Å²) < 4.78 is 41.2. The third-order valence-electron chi connectivity index (χ3n) is 7.38. The van der Waals surface area contributed by atoms with Gasteiger partial charge in [0.05, 0.1) is 48.0 Å². The highest BCUT2D eigenvalue weighted by atomic mass is 32.2. The highest BCUT2D eigenvalue weighted by Gasteiger charge is 2.41. The maximum absolute atomic E-state index is 12.7. The van der Waals surface area contributed by atoms with Crippen LogP contribution in [0.15, 0.2) is 58.8 Å². The van der Waals surface area contributed by atoms with Crippen LogP contribution in [0.3, 0.4) is 0 Å². The summed E-state index contributed by atoms with van der Waals surface area (Å²) in [5.41, 5.74) is 2.72. The number of sulfonamides is 1. The molecule has 0 saturated heterocycles. The van der Waals surface area contributed by atoms with Gasteiger partial charge in [0, 0.05) is 19.0 Å². The van der Waals surface area contributed by atoms with Gasteiger partial charge in [-0.05, 0) is 70.4 Å². The number of methoxy groups -OCH3 is 1. The number of ether oxygens (including phenoxy) is 2. The molecule has 5 rings (SSSR count). The van der Waals surface area contributed by atoms with E-state index < -0.39 is 22.0 Å². The summed E-state index contributed by atoms with van der Waals surface area (Å²) in [7, 11) is 0.164. The fourth-order valence-corrected chi connectivity index (χ4v) is 6.81. The second-order valence-electron chi connectivity index (χ2n) is 10.7. The molecule has 0 aromatic carbocycles. The van der Waals surface area contributed by atoms with E-state index in [9.17, 15) is 13.2 Å². The molecule has 0 fully saturated rings. The number of aromatic nitrogens is 2. The maximum Gasteiger partial charge on any atom is 0.338 e. The summed E-state index contributed by atoms with van der Waals surface area (Å²) in [5, 5.41) is 0.930. The van der Waals surface area contributed by atoms with Crippen molar-refractivity contribution in [3.63, 3.8) is 0 Å². The van der Waals surface area contributed by atoms with Gasteiger partial charge in [0.25, 0.3) is 0 Å². The molecule has 3 aliphatic rings. The number of amidine groups is 1. The van der Waals surface area contributed by atoms with Crippen molar-refractivity contribution in [3.05, 3.63) is 65.2 Å². The molecule has 11 heteroatoms. The molecular formula is C29H37N5O5S. The van der Waals surface area contributed by atoms with Crippen LogP contribution in [-0.4, -0.2) is 72.8 Å². The fraction of sp³-hybridized carbons (Fsp3) is 0.483. The normalized spacial score (nSPS) is 25.6. The Hall–Kier alpha value is -3.44. The summed E-state index contributed by atoms with van der Waals surface area (Å²) in [6.45, 7) is 6.04. The smallest absolute Gasteiger partial charge is 0.338 e. The average Bonchev–Trinajstić information content (AvgIpc) is 3.43. The number of allylic oxidation sites excluding steroid dienone is 2. The van der Waals surface area contributed by atoms with Gasteiger partial charge in [-0.15, -0.1) is 0 Å². The van der Waals surface area contributed by atoms with Gasteiger partial charge in [-0.25, -0.2) is 22.9 Å². The second-order valence-corrected chi connectivity index (χ2v) is 12.6. The molecule has 1 aliphatic carbocycles. The van der Waals surface area contributed by atoms with Gasteiger partial charge in [0.1, 0.15) is 23.3 Å². The lowest BCUT2D eigenvalue weighted by Crippen LogP contribution is -2.40. The van der Waals surface area contributed by atoms with E-state index in [1.807, 2.05) is 46.0 Å². The van der Waals surface area contributed by atoms with E-state index in [0.717, 1.165) is 35.4 Å². The number of nitrogens with one attached hydrogen (secondary N) is 1. The molecule has 0 saturated carbocycles. The first-order valence-corrected chi connectivity index (χ1v) is 15.4. The Morgan fingerprint density at radius 3 is 2.75 bits per heavy atom. The van der Waals surface area contributed by atoms with Crippen LogP contribution in [0.5, 0.6) is 0 Å².